The van der Waals surface area contributed by atoms with Gasteiger partial charge in [0.15, 0.2) is 5.76 Å². The summed E-state index contributed by atoms with van der Waals surface area (Å²) in [5, 5.41) is 21.4. The minimum Gasteiger partial charge on any atom is -0.494 e. The lowest BCUT2D eigenvalue weighted by Crippen LogP contribution is -2.27. The largest absolute Gasteiger partial charge is 0.494 e. The second-order valence-corrected chi connectivity index (χ2v) is 8.63. The van der Waals surface area contributed by atoms with Crippen molar-refractivity contribution in [3.8, 4) is 11.9 Å². The molecule has 0 aliphatic rings. The van der Waals surface area contributed by atoms with Gasteiger partial charge in [0, 0.05) is 15.4 Å². The smallest absolute Gasteiger partial charge is 0.271 e. The van der Waals surface area contributed by atoms with Gasteiger partial charge in [0.2, 0.25) is 11.7 Å². The van der Waals surface area contributed by atoms with Crippen molar-refractivity contribution in [2.24, 2.45) is 0 Å². The van der Waals surface area contributed by atoms with E-state index < -0.39 is 17.2 Å². The molecule has 0 saturated heterocycles. The molecule has 0 amide bonds. The van der Waals surface area contributed by atoms with E-state index in [1.807, 2.05) is 43.3 Å². The highest BCUT2D eigenvalue weighted by atomic mass is 79.9. The standard InChI is InChI=1S/C25H19BrN2O4/c1-13-4-6-16(7-5-13)12-28-24(30)19(11-27)14(2)21(25(28)31)22(29)23-15(3)18-10-17(26)8-9-20(18)32-23/h4-10,31H,12H2,1-3H3. The summed E-state index contributed by atoms with van der Waals surface area (Å²) in [4.78, 5) is 26.4. The Bertz CT molecular complexity index is 1490. The van der Waals surface area contributed by atoms with Gasteiger partial charge in [-0.05, 0) is 50.1 Å². The number of rotatable bonds is 4. The van der Waals surface area contributed by atoms with Crippen LogP contribution in [-0.4, -0.2) is 15.5 Å². The molecule has 160 valence electrons. The first kappa shape index (κ1) is 21.6. The van der Waals surface area contributed by atoms with Crippen molar-refractivity contribution < 1.29 is 14.3 Å². The van der Waals surface area contributed by atoms with Crippen LogP contribution in [0, 0.1) is 32.1 Å². The average molecular weight is 491 g/mol. The molecule has 0 atom stereocenters. The molecule has 0 aliphatic heterocycles. The molecule has 4 aromatic rings. The average Bonchev–Trinajstić information content (AvgIpc) is 3.08. The third kappa shape index (κ3) is 3.53. The summed E-state index contributed by atoms with van der Waals surface area (Å²) in [5.74, 6) is -1.02. The van der Waals surface area contributed by atoms with Crippen LogP contribution in [0.3, 0.4) is 0 Å². The number of benzene rings is 2. The van der Waals surface area contributed by atoms with Crippen LogP contribution >= 0.6 is 15.9 Å². The number of hydrogen-bond donors (Lipinski definition) is 1. The predicted octanol–water partition coefficient (Wildman–Crippen LogP) is 5.14. The van der Waals surface area contributed by atoms with Gasteiger partial charge in [-0.25, -0.2) is 0 Å². The minimum absolute atomic E-state index is 0.0201. The number of furan rings is 1. The van der Waals surface area contributed by atoms with E-state index in [1.165, 1.54) is 6.92 Å². The molecule has 0 aliphatic carbocycles. The van der Waals surface area contributed by atoms with E-state index in [-0.39, 0.29) is 29.0 Å². The molecule has 2 aromatic heterocycles. The lowest BCUT2D eigenvalue weighted by molar-refractivity contribution is 0.101. The van der Waals surface area contributed by atoms with Crippen LogP contribution in [0.2, 0.25) is 0 Å². The van der Waals surface area contributed by atoms with Gasteiger partial charge >= 0.3 is 0 Å². The molecule has 1 N–H and O–H groups in total. The molecule has 32 heavy (non-hydrogen) atoms. The number of hydrogen-bond acceptors (Lipinski definition) is 5. The fraction of sp³-hybridized carbons (Fsp3) is 0.160. The summed E-state index contributed by atoms with van der Waals surface area (Å²) >= 11 is 3.41. The lowest BCUT2D eigenvalue weighted by atomic mass is 9.98. The number of nitrogens with zero attached hydrogens (tertiary/aromatic N) is 2. The molecule has 7 heteroatoms. The van der Waals surface area contributed by atoms with Crippen LogP contribution < -0.4 is 5.56 Å². The highest BCUT2D eigenvalue weighted by Gasteiger charge is 2.28. The van der Waals surface area contributed by atoms with E-state index in [0.717, 1.165) is 25.6 Å². The fourth-order valence-corrected chi connectivity index (χ4v) is 4.13. The molecule has 0 unspecified atom stereocenters. The van der Waals surface area contributed by atoms with Gasteiger partial charge in [-0.15, -0.1) is 0 Å². The number of halogens is 1. The quantitative estimate of drug-likeness (QED) is 0.399. The van der Waals surface area contributed by atoms with Gasteiger partial charge in [-0.1, -0.05) is 45.8 Å². The van der Waals surface area contributed by atoms with Crippen molar-refractivity contribution in [3.05, 3.63) is 96.4 Å². The Kier molecular flexibility index (Phi) is 5.49. The first-order chi connectivity index (χ1) is 15.2. The third-order valence-electron chi connectivity index (χ3n) is 5.59. The van der Waals surface area contributed by atoms with Crippen LogP contribution in [0.15, 0.2) is 56.1 Å². The highest BCUT2D eigenvalue weighted by molar-refractivity contribution is 9.10. The summed E-state index contributed by atoms with van der Waals surface area (Å²) in [6.45, 7) is 5.20. The van der Waals surface area contributed by atoms with Crippen LogP contribution in [0.5, 0.6) is 5.88 Å². The summed E-state index contributed by atoms with van der Waals surface area (Å²) in [7, 11) is 0. The van der Waals surface area contributed by atoms with E-state index in [2.05, 4.69) is 15.9 Å². The van der Waals surface area contributed by atoms with Gasteiger partial charge in [-0.3, -0.25) is 14.2 Å². The van der Waals surface area contributed by atoms with Crippen molar-refractivity contribution >= 4 is 32.7 Å². The second kappa shape index (κ2) is 8.13. The van der Waals surface area contributed by atoms with Gasteiger partial charge in [0.25, 0.3) is 5.56 Å². The lowest BCUT2D eigenvalue weighted by Gasteiger charge is -2.15. The number of ketones is 1. The third-order valence-corrected chi connectivity index (χ3v) is 6.09. The topological polar surface area (TPSA) is 96.2 Å². The zero-order valence-electron chi connectivity index (χ0n) is 17.7. The Labute approximate surface area is 192 Å². The number of aryl methyl sites for hydroxylation is 2. The van der Waals surface area contributed by atoms with Gasteiger partial charge in [-0.2, -0.15) is 5.26 Å². The van der Waals surface area contributed by atoms with Crippen molar-refractivity contribution in [2.75, 3.05) is 0 Å². The summed E-state index contributed by atoms with van der Waals surface area (Å²) < 4.78 is 7.70. The monoisotopic (exact) mass is 490 g/mol. The van der Waals surface area contributed by atoms with E-state index in [4.69, 9.17) is 4.42 Å². The maximum Gasteiger partial charge on any atom is 0.271 e. The molecule has 0 spiro atoms. The Hall–Kier alpha value is -3.63. The van der Waals surface area contributed by atoms with E-state index in [0.29, 0.717) is 11.1 Å². The number of aromatic hydroxyl groups is 1. The number of nitriles is 1. The number of fused-ring (bicyclic) bond motifs is 1. The SMILES string of the molecule is Cc1ccc(Cn2c(O)c(C(=O)c3oc4ccc(Br)cc4c3C)c(C)c(C#N)c2=O)cc1. The Balaban J connectivity index is 1.91. The number of carbonyl (C=O) groups is 1. The van der Waals surface area contributed by atoms with Crippen molar-refractivity contribution in [2.45, 2.75) is 27.3 Å². The first-order valence-corrected chi connectivity index (χ1v) is 10.7. The molecular formula is C25H19BrN2O4. The maximum atomic E-state index is 13.5. The normalized spacial score (nSPS) is 11.0. The molecule has 2 aromatic carbocycles. The van der Waals surface area contributed by atoms with E-state index in [9.17, 15) is 20.0 Å². The molecular weight excluding hydrogens is 472 g/mol. The van der Waals surface area contributed by atoms with Gasteiger partial charge < -0.3 is 9.52 Å². The van der Waals surface area contributed by atoms with Crippen LogP contribution in [0.1, 0.15) is 43.9 Å². The highest BCUT2D eigenvalue weighted by Crippen LogP contribution is 2.32. The van der Waals surface area contributed by atoms with Crippen LogP contribution in [0.4, 0.5) is 0 Å². The molecule has 0 bridgehead atoms. The molecule has 2 heterocycles. The van der Waals surface area contributed by atoms with E-state index in [1.54, 1.807) is 19.1 Å². The van der Waals surface area contributed by atoms with Gasteiger partial charge in [0.1, 0.15) is 17.2 Å². The number of aromatic nitrogens is 1. The van der Waals surface area contributed by atoms with Crippen molar-refractivity contribution in [3.63, 3.8) is 0 Å². The molecule has 0 radical (unpaired) electrons. The zero-order chi connectivity index (χ0) is 23.2. The van der Waals surface area contributed by atoms with Gasteiger partial charge in [0.05, 0.1) is 12.1 Å². The summed E-state index contributed by atoms with van der Waals surface area (Å²) in [6, 6.07) is 14.7. The van der Waals surface area contributed by atoms with Crippen molar-refractivity contribution in [1.29, 1.82) is 5.26 Å². The molecule has 0 fully saturated rings. The molecule has 0 saturated carbocycles. The molecule has 6 nitrogen and oxygen atoms in total. The summed E-state index contributed by atoms with van der Waals surface area (Å²) in [6.07, 6.45) is 0. The Morgan fingerprint density at radius 1 is 1.12 bits per heavy atom. The van der Waals surface area contributed by atoms with Crippen LogP contribution in [0.25, 0.3) is 11.0 Å². The second-order valence-electron chi connectivity index (χ2n) is 7.71. The first-order valence-electron chi connectivity index (χ1n) is 9.88. The Morgan fingerprint density at radius 3 is 2.47 bits per heavy atom. The van der Waals surface area contributed by atoms with E-state index >= 15 is 0 Å². The van der Waals surface area contributed by atoms with Crippen molar-refractivity contribution in [1.82, 2.24) is 4.57 Å². The summed E-state index contributed by atoms with van der Waals surface area (Å²) in [5.41, 5.74) is 2.12. The molecule has 4 rings (SSSR count). The predicted molar refractivity (Wildman–Crippen MR) is 124 cm³/mol. The zero-order valence-corrected chi connectivity index (χ0v) is 19.3. The Morgan fingerprint density at radius 2 is 1.81 bits per heavy atom. The number of pyridine rings is 1. The fourth-order valence-electron chi connectivity index (χ4n) is 3.77. The number of carbonyl (C=O) groups excluding carboxylic acids is 1. The maximum absolute atomic E-state index is 13.5. The van der Waals surface area contributed by atoms with Crippen LogP contribution in [-0.2, 0) is 6.54 Å². The minimum atomic E-state index is -0.648.